The van der Waals surface area contributed by atoms with Crippen LogP contribution in [0.3, 0.4) is 0 Å². The van der Waals surface area contributed by atoms with Gasteiger partial charge in [0.1, 0.15) is 6.61 Å². The maximum Gasteiger partial charge on any atom is 0.310 e. The predicted octanol–water partition coefficient (Wildman–Crippen LogP) is 2.16. The van der Waals surface area contributed by atoms with E-state index in [2.05, 4.69) is 9.55 Å². The summed E-state index contributed by atoms with van der Waals surface area (Å²) in [7, 11) is 0. The van der Waals surface area contributed by atoms with Crippen LogP contribution in [0.1, 0.15) is 30.1 Å². The van der Waals surface area contributed by atoms with Crippen LogP contribution < -0.4 is 10.5 Å². The number of rotatable bonds is 6. The Morgan fingerprint density at radius 3 is 2.95 bits per heavy atom. The van der Waals surface area contributed by atoms with Crippen LogP contribution in [-0.2, 0) is 13.2 Å². The van der Waals surface area contributed by atoms with Crippen molar-refractivity contribution < 1.29 is 9.66 Å². The van der Waals surface area contributed by atoms with E-state index in [1.807, 2.05) is 0 Å². The van der Waals surface area contributed by atoms with Crippen molar-refractivity contribution in [2.75, 3.05) is 0 Å². The van der Waals surface area contributed by atoms with Crippen molar-refractivity contribution in [3.8, 4) is 5.75 Å². The highest BCUT2D eigenvalue weighted by atomic mass is 16.6. The van der Waals surface area contributed by atoms with E-state index >= 15 is 0 Å². The average Bonchev–Trinajstić information content (AvgIpc) is 3.23. The van der Waals surface area contributed by atoms with Gasteiger partial charge in [-0.1, -0.05) is 6.07 Å². The largest absolute Gasteiger partial charge is 0.480 e. The molecule has 0 bridgehead atoms. The number of nitrogens with zero attached hydrogens (tertiary/aromatic N) is 3. The second-order valence-electron chi connectivity index (χ2n) is 5.08. The number of nitro groups is 1. The van der Waals surface area contributed by atoms with Gasteiger partial charge < -0.3 is 15.0 Å². The lowest BCUT2D eigenvalue weighted by atomic mass is 10.2. The summed E-state index contributed by atoms with van der Waals surface area (Å²) in [5, 5.41) is 11.0. The summed E-state index contributed by atoms with van der Waals surface area (Å²) < 4.78 is 7.71. The van der Waals surface area contributed by atoms with Crippen LogP contribution in [0.2, 0.25) is 0 Å². The Labute approximate surface area is 121 Å². The highest BCUT2D eigenvalue weighted by Crippen LogP contribution is 2.36. The fraction of sp³-hybridized carbons (Fsp3) is 0.357. The van der Waals surface area contributed by atoms with E-state index in [1.54, 1.807) is 24.7 Å². The highest BCUT2D eigenvalue weighted by molar-refractivity contribution is 5.48. The zero-order valence-corrected chi connectivity index (χ0v) is 11.4. The topological polar surface area (TPSA) is 96.2 Å². The molecule has 1 fully saturated rings. The Morgan fingerprint density at radius 2 is 2.29 bits per heavy atom. The summed E-state index contributed by atoms with van der Waals surface area (Å²) in [6, 6.07) is 5.18. The zero-order chi connectivity index (χ0) is 14.8. The van der Waals surface area contributed by atoms with Crippen molar-refractivity contribution in [2.24, 2.45) is 5.73 Å². The first-order valence-corrected chi connectivity index (χ1v) is 6.80. The molecule has 0 aliphatic heterocycles. The first-order chi connectivity index (χ1) is 10.2. The summed E-state index contributed by atoms with van der Waals surface area (Å²) in [6.45, 7) is 0.569. The van der Waals surface area contributed by atoms with Crippen LogP contribution in [0, 0.1) is 10.1 Å². The summed E-state index contributed by atoms with van der Waals surface area (Å²) in [4.78, 5) is 14.7. The van der Waals surface area contributed by atoms with Crippen LogP contribution in [0.15, 0.2) is 30.7 Å². The van der Waals surface area contributed by atoms with Gasteiger partial charge >= 0.3 is 5.69 Å². The number of nitrogens with two attached hydrogens (primary N) is 1. The molecule has 0 saturated heterocycles. The molecule has 0 spiro atoms. The lowest BCUT2D eigenvalue weighted by molar-refractivity contribution is -0.386. The van der Waals surface area contributed by atoms with Crippen molar-refractivity contribution in [1.82, 2.24) is 9.55 Å². The first-order valence-electron chi connectivity index (χ1n) is 6.80. The van der Waals surface area contributed by atoms with Crippen LogP contribution in [0.4, 0.5) is 5.69 Å². The van der Waals surface area contributed by atoms with Crippen LogP contribution in [0.25, 0.3) is 0 Å². The van der Waals surface area contributed by atoms with Crippen molar-refractivity contribution in [1.29, 1.82) is 0 Å². The van der Waals surface area contributed by atoms with E-state index in [4.69, 9.17) is 10.5 Å². The van der Waals surface area contributed by atoms with Gasteiger partial charge in [-0.15, -0.1) is 0 Å². The molecule has 21 heavy (non-hydrogen) atoms. The molecule has 3 rings (SSSR count). The summed E-state index contributed by atoms with van der Waals surface area (Å²) in [6.07, 6.45) is 5.80. The molecule has 0 unspecified atom stereocenters. The molecule has 1 aliphatic rings. The van der Waals surface area contributed by atoms with E-state index in [0.29, 0.717) is 12.6 Å². The van der Waals surface area contributed by atoms with Gasteiger partial charge in [-0.05, 0) is 24.5 Å². The Balaban J connectivity index is 1.80. The van der Waals surface area contributed by atoms with E-state index < -0.39 is 4.92 Å². The fourth-order valence-electron chi connectivity index (χ4n) is 2.23. The Morgan fingerprint density at radius 1 is 1.48 bits per heavy atom. The van der Waals surface area contributed by atoms with Crippen LogP contribution >= 0.6 is 0 Å². The smallest absolute Gasteiger partial charge is 0.310 e. The molecule has 0 atom stereocenters. The molecule has 1 aliphatic carbocycles. The highest BCUT2D eigenvalue weighted by Gasteiger charge is 2.25. The molecule has 0 amide bonds. The van der Waals surface area contributed by atoms with Gasteiger partial charge in [0, 0.05) is 18.7 Å². The minimum atomic E-state index is -0.451. The van der Waals surface area contributed by atoms with Gasteiger partial charge in [0.25, 0.3) is 0 Å². The van der Waals surface area contributed by atoms with E-state index in [9.17, 15) is 10.1 Å². The molecule has 1 saturated carbocycles. The minimum Gasteiger partial charge on any atom is -0.480 e. The standard InChI is InChI=1S/C14H16N4O3/c15-6-10-1-4-13(18(19)20)14(5-10)21-8-12-7-16-9-17(12)11-2-3-11/h1,4-5,7,9,11H,2-3,6,8,15H2. The SMILES string of the molecule is NCc1ccc([N+](=O)[O-])c(OCc2cncn2C2CC2)c1. The second kappa shape index (κ2) is 5.53. The van der Waals surface area contributed by atoms with Crippen LogP contribution in [-0.4, -0.2) is 14.5 Å². The third-order valence-electron chi connectivity index (χ3n) is 3.52. The molecular weight excluding hydrogens is 272 g/mol. The molecule has 1 heterocycles. The van der Waals surface area contributed by atoms with Gasteiger partial charge in [-0.2, -0.15) is 0 Å². The average molecular weight is 288 g/mol. The third kappa shape index (κ3) is 2.87. The van der Waals surface area contributed by atoms with Crippen LogP contribution in [0.5, 0.6) is 5.75 Å². The number of nitro benzene ring substituents is 1. The van der Waals surface area contributed by atoms with E-state index in [-0.39, 0.29) is 18.0 Å². The number of ether oxygens (including phenoxy) is 1. The quantitative estimate of drug-likeness (QED) is 0.649. The molecular formula is C14H16N4O3. The fourth-order valence-corrected chi connectivity index (χ4v) is 2.23. The molecule has 2 N–H and O–H groups in total. The molecule has 0 radical (unpaired) electrons. The Kier molecular flexibility index (Phi) is 3.57. The van der Waals surface area contributed by atoms with Crippen molar-refractivity contribution in [3.63, 3.8) is 0 Å². The van der Waals surface area contributed by atoms with E-state index in [1.165, 1.54) is 6.07 Å². The molecule has 1 aromatic carbocycles. The number of hydrogen-bond donors (Lipinski definition) is 1. The summed E-state index contributed by atoms with van der Waals surface area (Å²) in [5.41, 5.74) is 7.24. The van der Waals surface area contributed by atoms with Crippen molar-refractivity contribution in [3.05, 3.63) is 52.1 Å². The van der Waals surface area contributed by atoms with Gasteiger partial charge in [0.2, 0.25) is 0 Å². The molecule has 2 aromatic rings. The van der Waals surface area contributed by atoms with Gasteiger partial charge in [0.05, 0.1) is 23.1 Å². The van der Waals surface area contributed by atoms with Gasteiger partial charge in [0.15, 0.2) is 5.75 Å². The maximum absolute atomic E-state index is 11.0. The lowest BCUT2D eigenvalue weighted by Crippen LogP contribution is -2.06. The van der Waals surface area contributed by atoms with Crippen molar-refractivity contribution in [2.45, 2.75) is 32.0 Å². The second-order valence-corrected chi connectivity index (χ2v) is 5.08. The summed E-state index contributed by atoms with van der Waals surface area (Å²) >= 11 is 0. The molecule has 7 heteroatoms. The molecule has 110 valence electrons. The molecule has 1 aromatic heterocycles. The summed E-state index contributed by atoms with van der Waals surface area (Å²) in [5.74, 6) is 0.242. The number of imidazole rings is 1. The number of hydrogen-bond acceptors (Lipinski definition) is 5. The van der Waals surface area contributed by atoms with Crippen molar-refractivity contribution >= 4 is 5.69 Å². The third-order valence-corrected chi connectivity index (χ3v) is 3.52. The Bertz CT molecular complexity index is 664. The molecule has 7 nitrogen and oxygen atoms in total. The van der Waals surface area contributed by atoms with Gasteiger partial charge in [-0.3, -0.25) is 10.1 Å². The Hall–Kier alpha value is -2.41. The number of benzene rings is 1. The van der Waals surface area contributed by atoms with E-state index in [0.717, 1.165) is 24.1 Å². The monoisotopic (exact) mass is 288 g/mol. The van der Waals surface area contributed by atoms with Gasteiger partial charge in [-0.25, -0.2) is 4.98 Å². The number of aromatic nitrogens is 2. The normalized spacial score (nSPS) is 14.1. The first kappa shape index (κ1) is 13.6. The lowest BCUT2D eigenvalue weighted by Gasteiger charge is -2.10. The minimum absolute atomic E-state index is 0.0512. The predicted molar refractivity (Wildman–Crippen MR) is 75.8 cm³/mol. The zero-order valence-electron chi connectivity index (χ0n) is 11.4. The maximum atomic E-state index is 11.0.